The van der Waals surface area contributed by atoms with Crippen molar-refractivity contribution in [2.24, 2.45) is 0 Å². The van der Waals surface area contributed by atoms with Crippen LogP contribution in [0.2, 0.25) is 0 Å². The SMILES string of the molecule is CCC(Sc1nnc2c3ccccc3n(Cc3ccc(Br)cc3)c2n1)C(=O)NCCC(c1ccccc1)c1ccccc1. The first-order valence-electron chi connectivity index (χ1n) is 14.5. The van der Waals surface area contributed by atoms with Crippen LogP contribution in [0, 0.1) is 0 Å². The summed E-state index contributed by atoms with van der Waals surface area (Å²) in [6.07, 6.45) is 1.46. The Labute approximate surface area is 264 Å². The molecule has 1 unspecified atom stereocenters. The van der Waals surface area contributed by atoms with Crippen LogP contribution in [0.4, 0.5) is 0 Å². The van der Waals surface area contributed by atoms with E-state index in [2.05, 4.69) is 109 Å². The van der Waals surface area contributed by atoms with E-state index in [1.165, 1.54) is 22.9 Å². The highest BCUT2D eigenvalue weighted by molar-refractivity contribution is 9.10. The molecule has 1 N–H and O–H groups in total. The third-order valence-electron chi connectivity index (χ3n) is 7.66. The summed E-state index contributed by atoms with van der Waals surface area (Å²) >= 11 is 4.90. The zero-order valence-corrected chi connectivity index (χ0v) is 26.3. The molecule has 1 atom stereocenters. The number of nitrogens with zero attached hydrogens (tertiary/aromatic N) is 4. The molecule has 4 aromatic carbocycles. The fourth-order valence-electron chi connectivity index (χ4n) is 5.47. The Morgan fingerprint density at radius 1 is 0.860 bits per heavy atom. The summed E-state index contributed by atoms with van der Waals surface area (Å²) in [5.41, 5.74) is 6.24. The van der Waals surface area contributed by atoms with Crippen LogP contribution in [-0.4, -0.2) is 37.5 Å². The highest BCUT2D eigenvalue weighted by Gasteiger charge is 2.22. The highest BCUT2D eigenvalue weighted by atomic mass is 79.9. The van der Waals surface area contributed by atoms with Crippen molar-refractivity contribution < 1.29 is 4.79 Å². The first-order chi connectivity index (χ1) is 21.1. The van der Waals surface area contributed by atoms with Crippen LogP contribution in [0.5, 0.6) is 0 Å². The van der Waals surface area contributed by atoms with Crippen LogP contribution in [-0.2, 0) is 11.3 Å². The molecule has 0 bridgehead atoms. The number of hydrogen-bond donors (Lipinski definition) is 1. The van der Waals surface area contributed by atoms with Crippen molar-refractivity contribution in [3.05, 3.63) is 130 Å². The fourth-order valence-corrected chi connectivity index (χ4v) is 6.57. The molecule has 0 saturated carbocycles. The minimum absolute atomic E-state index is 0.00789. The third-order valence-corrected chi connectivity index (χ3v) is 9.40. The minimum Gasteiger partial charge on any atom is -0.355 e. The molecule has 8 heteroatoms. The van der Waals surface area contributed by atoms with Crippen LogP contribution in [0.1, 0.15) is 42.4 Å². The number of hydrogen-bond acceptors (Lipinski definition) is 5. The van der Waals surface area contributed by atoms with E-state index in [1.807, 2.05) is 43.3 Å². The summed E-state index contributed by atoms with van der Waals surface area (Å²) in [5, 5.41) is 13.4. The number of thioether (sulfide) groups is 1. The molecule has 2 aromatic heterocycles. The Morgan fingerprint density at radius 3 is 2.19 bits per heavy atom. The van der Waals surface area contributed by atoms with Crippen molar-refractivity contribution in [3.8, 4) is 0 Å². The van der Waals surface area contributed by atoms with Gasteiger partial charge < -0.3 is 9.88 Å². The number of carbonyl (C=O) groups excluding carboxylic acids is 1. The monoisotopic (exact) mass is 649 g/mol. The van der Waals surface area contributed by atoms with E-state index in [9.17, 15) is 4.79 Å². The first-order valence-corrected chi connectivity index (χ1v) is 16.2. The standard InChI is InChI=1S/C35H32BrN5OS/c1-2-31(34(42)37-22-21-28(25-11-5-3-6-12-25)26-13-7-4-8-14-26)43-35-38-33-32(39-40-35)29-15-9-10-16-30(29)41(33)23-24-17-19-27(36)20-18-24/h3-20,28,31H,2,21-23H2,1H3,(H,37,42). The number of aromatic nitrogens is 4. The quantitative estimate of drug-likeness (QED) is 0.144. The number of amides is 1. The molecule has 0 fully saturated rings. The van der Waals surface area contributed by atoms with Gasteiger partial charge in [0.2, 0.25) is 11.1 Å². The lowest BCUT2D eigenvalue weighted by molar-refractivity contribution is -0.120. The largest absolute Gasteiger partial charge is 0.355 e. The maximum Gasteiger partial charge on any atom is 0.233 e. The predicted molar refractivity (Wildman–Crippen MR) is 178 cm³/mol. The van der Waals surface area contributed by atoms with E-state index in [4.69, 9.17) is 4.98 Å². The average Bonchev–Trinajstić information content (AvgIpc) is 3.36. The van der Waals surface area contributed by atoms with Gasteiger partial charge in [0.05, 0.1) is 10.8 Å². The molecule has 216 valence electrons. The number of para-hydroxylation sites is 1. The molecule has 0 spiro atoms. The third kappa shape index (κ3) is 6.65. The van der Waals surface area contributed by atoms with Gasteiger partial charge in [0, 0.05) is 28.9 Å². The van der Waals surface area contributed by atoms with E-state index in [1.54, 1.807) is 0 Å². The van der Waals surface area contributed by atoms with Gasteiger partial charge in [0.15, 0.2) is 5.65 Å². The molecular formula is C35H32BrN5OS. The van der Waals surface area contributed by atoms with E-state index < -0.39 is 0 Å². The van der Waals surface area contributed by atoms with E-state index in [0.717, 1.165) is 38.5 Å². The van der Waals surface area contributed by atoms with Gasteiger partial charge in [-0.05, 0) is 47.7 Å². The summed E-state index contributed by atoms with van der Waals surface area (Å²) in [6.45, 7) is 3.25. The van der Waals surface area contributed by atoms with Crippen molar-refractivity contribution in [2.75, 3.05) is 6.54 Å². The molecule has 0 aliphatic rings. The van der Waals surface area contributed by atoms with Crippen LogP contribution < -0.4 is 5.32 Å². The van der Waals surface area contributed by atoms with Crippen molar-refractivity contribution >= 4 is 55.7 Å². The van der Waals surface area contributed by atoms with Gasteiger partial charge in [0.25, 0.3) is 0 Å². The number of carbonyl (C=O) groups is 1. The zero-order valence-electron chi connectivity index (χ0n) is 23.9. The Morgan fingerprint density at radius 2 is 1.51 bits per heavy atom. The van der Waals surface area contributed by atoms with E-state index in [-0.39, 0.29) is 17.1 Å². The Bertz CT molecular complexity index is 1790. The Balaban J connectivity index is 1.19. The zero-order chi connectivity index (χ0) is 29.6. The van der Waals surface area contributed by atoms with Crippen LogP contribution in [0.3, 0.4) is 0 Å². The maximum absolute atomic E-state index is 13.4. The molecule has 0 aliphatic heterocycles. The van der Waals surface area contributed by atoms with Gasteiger partial charge in [0.1, 0.15) is 5.52 Å². The van der Waals surface area contributed by atoms with Crippen LogP contribution in [0.15, 0.2) is 119 Å². The first kappa shape index (κ1) is 29.1. The number of benzene rings is 4. The summed E-state index contributed by atoms with van der Waals surface area (Å²) in [4.78, 5) is 18.3. The Kier molecular flexibility index (Phi) is 9.15. The molecule has 43 heavy (non-hydrogen) atoms. The van der Waals surface area contributed by atoms with E-state index >= 15 is 0 Å². The van der Waals surface area contributed by atoms with Gasteiger partial charge in [-0.2, -0.15) is 0 Å². The van der Waals surface area contributed by atoms with Crippen molar-refractivity contribution in [3.63, 3.8) is 0 Å². The minimum atomic E-state index is -0.324. The van der Waals surface area contributed by atoms with Crippen molar-refractivity contribution in [2.45, 2.75) is 42.6 Å². The second-order valence-electron chi connectivity index (χ2n) is 10.5. The second kappa shape index (κ2) is 13.5. The van der Waals surface area contributed by atoms with Crippen molar-refractivity contribution in [1.29, 1.82) is 0 Å². The summed E-state index contributed by atoms with van der Waals surface area (Å²) in [7, 11) is 0. The Hall–Kier alpha value is -4.01. The maximum atomic E-state index is 13.4. The van der Waals surface area contributed by atoms with E-state index in [0.29, 0.717) is 24.7 Å². The predicted octanol–water partition coefficient (Wildman–Crippen LogP) is 8.00. The molecule has 2 heterocycles. The molecule has 1 amide bonds. The molecule has 6 rings (SSSR count). The van der Waals surface area contributed by atoms with Crippen LogP contribution in [0.25, 0.3) is 22.1 Å². The summed E-state index contributed by atoms with van der Waals surface area (Å²) in [6, 6.07) is 37.4. The topological polar surface area (TPSA) is 72.7 Å². The highest BCUT2D eigenvalue weighted by Crippen LogP contribution is 2.30. The van der Waals surface area contributed by atoms with Gasteiger partial charge >= 0.3 is 0 Å². The van der Waals surface area contributed by atoms with Crippen molar-refractivity contribution in [1.82, 2.24) is 25.1 Å². The van der Waals surface area contributed by atoms with Gasteiger partial charge in [-0.25, -0.2) is 4.98 Å². The lowest BCUT2D eigenvalue weighted by Crippen LogP contribution is -2.33. The van der Waals surface area contributed by atoms with Crippen LogP contribution >= 0.6 is 27.7 Å². The number of fused-ring (bicyclic) bond motifs is 3. The number of rotatable bonds is 11. The van der Waals surface area contributed by atoms with Gasteiger partial charge in [-0.3, -0.25) is 4.79 Å². The summed E-state index contributed by atoms with van der Waals surface area (Å²) < 4.78 is 3.22. The molecule has 0 saturated heterocycles. The van der Waals surface area contributed by atoms with Gasteiger partial charge in [-0.15, -0.1) is 10.2 Å². The lowest BCUT2D eigenvalue weighted by Gasteiger charge is -2.19. The molecule has 0 radical (unpaired) electrons. The molecular weight excluding hydrogens is 618 g/mol. The smallest absolute Gasteiger partial charge is 0.233 e. The average molecular weight is 651 g/mol. The normalized spacial score (nSPS) is 12.2. The molecule has 6 aromatic rings. The lowest BCUT2D eigenvalue weighted by atomic mass is 9.88. The number of nitrogens with one attached hydrogen (secondary N) is 1. The second-order valence-corrected chi connectivity index (χ2v) is 12.6. The fraction of sp³-hybridized carbons (Fsp3) is 0.200. The van der Waals surface area contributed by atoms with Gasteiger partial charge in [-0.1, -0.05) is 126 Å². The number of halogens is 1. The molecule has 0 aliphatic carbocycles. The molecule has 6 nitrogen and oxygen atoms in total. The summed E-state index contributed by atoms with van der Waals surface area (Å²) in [5.74, 6) is 0.199.